The highest BCUT2D eigenvalue weighted by atomic mass is 15.4. The van der Waals surface area contributed by atoms with Gasteiger partial charge in [0.15, 0.2) is 0 Å². The SMILES string of the molecule is CC(C)NCc1cn(CCN2CCC3CCCCC32)nn1. The van der Waals surface area contributed by atoms with Crippen molar-refractivity contribution in [2.45, 2.75) is 71.1 Å². The van der Waals surface area contributed by atoms with Crippen LogP contribution in [0, 0.1) is 5.92 Å². The summed E-state index contributed by atoms with van der Waals surface area (Å²) in [5.41, 5.74) is 1.04. The molecule has 0 spiro atoms. The summed E-state index contributed by atoms with van der Waals surface area (Å²) in [6.45, 7) is 8.49. The molecule has 1 aromatic rings. The van der Waals surface area contributed by atoms with Crippen LogP contribution in [0.4, 0.5) is 0 Å². The first kappa shape index (κ1) is 15.0. The van der Waals surface area contributed by atoms with Crippen molar-refractivity contribution in [1.82, 2.24) is 25.2 Å². The molecule has 5 nitrogen and oxygen atoms in total. The molecule has 5 heteroatoms. The van der Waals surface area contributed by atoms with Crippen LogP contribution in [0.15, 0.2) is 6.20 Å². The maximum Gasteiger partial charge on any atom is 0.0964 e. The summed E-state index contributed by atoms with van der Waals surface area (Å²) >= 11 is 0. The predicted molar refractivity (Wildman–Crippen MR) is 83.9 cm³/mol. The number of nitrogens with one attached hydrogen (secondary N) is 1. The van der Waals surface area contributed by atoms with E-state index in [1.807, 2.05) is 4.68 Å². The Morgan fingerprint density at radius 3 is 2.95 bits per heavy atom. The van der Waals surface area contributed by atoms with Gasteiger partial charge in [0.05, 0.1) is 12.2 Å². The lowest BCUT2D eigenvalue weighted by Crippen LogP contribution is -2.36. The Labute approximate surface area is 128 Å². The van der Waals surface area contributed by atoms with Gasteiger partial charge in [-0.25, -0.2) is 0 Å². The monoisotopic (exact) mass is 291 g/mol. The van der Waals surface area contributed by atoms with Crippen LogP contribution in [-0.4, -0.2) is 45.1 Å². The number of rotatable bonds is 6. The fraction of sp³-hybridized carbons (Fsp3) is 0.875. The second-order valence-electron chi connectivity index (χ2n) is 6.95. The second kappa shape index (κ2) is 6.88. The smallest absolute Gasteiger partial charge is 0.0964 e. The molecule has 0 radical (unpaired) electrons. The minimum Gasteiger partial charge on any atom is -0.309 e. The van der Waals surface area contributed by atoms with Crippen molar-refractivity contribution >= 4 is 0 Å². The van der Waals surface area contributed by atoms with Crippen molar-refractivity contribution in [2.24, 2.45) is 5.92 Å². The zero-order valence-corrected chi connectivity index (χ0v) is 13.5. The minimum atomic E-state index is 0.489. The first-order valence-electron chi connectivity index (χ1n) is 8.59. The third kappa shape index (κ3) is 3.83. The molecule has 0 amide bonds. The van der Waals surface area contributed by atoms with Gasteiger partial charge < -0.3 is 5.32 Å². The van der Waals surface area contributed by atoms with E-state index < -0.39 is 0 Å². The number of fused-ring (bicyclic) bond motifs is 1. The molecule has 2 atom stereocenters. The Kier molecular flexibility index (Phi) is 4.91. The Morgan fingerprint density at radius 2 is 2.10 bits per heavy atom. The fourth-order valence-electron chi connectivity index (χ4n) is 3.85. The molecular formula is C16H29N5. The van der Waals surface area contributed by atoms with E-state index in [0.717, 1.165) is 37.3 Å². The van der Waals surface area contributed by atoms with Crippen LogP contribution in [0.5, 0.6) is 0 Å². The molecule has 0 bridgehead atoms. The Bertz CT molecular complexity index is 442. The zero-order chi connectivity index (χ0) is 14.7. The van der Waals surface area contributed by atoms with Crippen LogP contribution in [0.3, 0.4) is 0 Å². The number of likely N-dealkylation sites (tertiary alicyclic amines) is 1. The second-order valence-corrected chi connectivity index (χ2v) is 6.95. The Hall–Kier alpha value is -0.940. The van der Waals surface area contributed by atoms with Crippen molar-refractivity contribution in [3.8, 4) is 0 Å². The maximum atomic E-state index is 4.26. The highest BCUT2D eigenvalue weighted by molar-refractivity contribution is 4.93. The van der Waals surface area contributed by atoms with E-state index in [1.54, 1.807) is 0 Å². The lowest BCUT2D eigenvalue weighted by atomic mass is 9.85. The van der Waals surface area contributed by atoms with Crippen LogP contribution < -0.4 is 5.32 Å². The largest absolute Gasteiger partial charge is 0.309 e. The lowest BCUT2D eigenvalue weighted by molar-refractivity contribution is 0.175. The first-order valence-corrected chi connectivity index (χ1v) is 8.59. The number of hydrogen-bond acceptors (Lipinski definition) is 4. The van der Waals surface area contributed by atoms with Crippen LogP contribution in [0.25, 0.3) is 0 Å². The van der Waals surface area contributed by atoms with Crippen molar-refractivity contribution in [3.63, 3.8) is 0 Å². The highest BCUT2D eigenvalue weighted by Crippen LogP contribution is 2.35. The standard InChI is InChI=1S/C16H29N5/c1-13(2)17-11-15-12-21(19-18-15)10-9-20-8-7-14-5-3-4-6-16(14)20/h12-14,16-17H,3-11H2,1-2H3. The third-order valence-corrected chi connectivity index (χ3v) is 5.02. The summed E-state index contributed by atoms with van der Waals surface area (Å²) in [4.78, 5) is 2.69. The molecule has 2 aliphatic rings. The van der Waals surface area contributed by atoms with Crippen LogP contribution >= 0.6 is 0 Å². The zero-order valence-electron chi connectivity index (χ0n) is 13.5. The molecule has 0 aromatic carbocycles. The molecule has 1 N–H and O–H groups in total. The molecule has 1 aliphatic heterocycles. The molecule has 2 unspecified atom stereocenters. The van der Waals surface area contributed by atoms with E-state index in [0.29, 0.717) is 6.04 Å². The van der Waals surface area contributed by atoms with Gasteiger partial charge in [-0.3, -0.25) is 9.58 Å². The fourth-order valence-corrected chi connectivity index (χ4v) is 3.85. The average Bonchev–Trinajstić information content (AvgIpc) is 3.10. The first-order chi connectivity index (χ1) is 10.2. The van der Waals surface area contributed by atoms with Crippen molar-refractivity contribution < 1.29 is 0 Å². The van der Waals surface area contributed by atoms with Gasteiger partial charge in [-0.2, -0.15) is 0 Å². The van der Waals surface area contributed by atoms with Crippen LogP contribution in [-0.2, 0) is 13.1 Å². The van der Waals surface area contributed by atoms with E-state index in [4.69, 9.17) is 0 Å². The molecule has 1 aromatic heterocycles. The van der Waals surface area contributed by atoms with Gasteiger partial charge in [-0.1, -0.05) is 31.9 Å². The van der Waals surface area contributed by atoms with Gasteiger partial charge in [0.25, 0.3) is 0 Å². The summed E-state index contributed by atoms with van der Waals surface area (Å²) in [6.07, 6.45) is 9.23. The van der Waals surface area contributed by atoms with Gasteiger partial charge in [0, 0.05) is 31.4 Å². The lowest BCUT2D eigenvalue weighted by Gasteiger charge is -2.31. The summed E-state index contributed by atoms with van der Waals surface area (Å²) in [6, 6.07) is 1.34. The van der Waals surface area contributed by atoms with E-state index in [1.165, 1.54) is 38.6 Å². The highest BCUT2D eigenvalue weighted by Gasteiger charge is 2.35. The number of hydrogen-bond donors (Lipinski definition) is 1. The van der Waals surface area contributed by atoms with E-state index in [-0.39, 0.29) is 0 Å². The molecule has 1 saturated heterocycles. The van der Waals surface area contributed by atoms with Crippen LogP contribution in [0.1, 0.15) is 51.6 Å². The summed E-state index contributed by atoms with van der Waals surface area (Å²) in [7, 11) is 0. The quantitative estimate of drug-likeness (QED) is 0.871. The molecule has 21 heavy (non-hydrogen) atoms. The summed E-state index contributed by atoms with van der Waals surface area (Å²) in [5, 5.41) is 11.9. The minimum absolute atomic E-state index is 0.489. The van der Waals surface area contributed by atoms with E-state index in [9.17, 15) is 0 Å². The Balaban J connectivity index is 1.47. The molecule has 2 heterocycles. The Morgan fingerprint density at radius 1 is 1.24 bits per heavy atom. The van der Waals surface area contributed by atoms with E-state index >= 15 is 0 Å². The molecule has 3 rings (SSSR count). The molecule has 118 valence electrons. The molecule has 1 aliphatic carbocycles. The van der Waals surface area contributed by atoms with Gasteiger partial charge in [0.2, 0.25) is 0 Å². The number of aromatic nitrogens is 3. The molecular weight excluding hydrogens is 262 g/mol. The number of nitrogens with zero attached hydrogens (tertiary/aromatic N) is 4. The van der Waals surface area contributed by atoms with E-state index in [2.05, 4.69) is 40.6 Å². The van der Waals surface area contributed by atoms with Crippen molar-refractivity contribution in [3.05, 3.63) is 11.9 Å². The molecule has 2 fully saturated rings. The van der Waals surface area contributed by atoms with Gasteiger partial charge in [0.1, 0.15) is 0 Å². The molecule has 1 saturated carbocycles. The van der Waals surface area contributed by atoms with Crippen LogP contribution in [0.2, 0.25) is 0 Å². The average molecular weight is 291 g/mol. The van der Waals surface area contributed by atoms with Crippen molar-refractivity contribution in [1.29, 1.82) is 0 Å². The van der Waals surface area contributed by atoms with Gasteiger partial charge in [-0.05, 0) is 31.7 Å². The van der Waals surface area contributed by atoms with Gasteiger partial charge in [-0.15, -0.1) is 5.10 Å². The third-order valence-electron chi connectivity index (χ3n) is 5.02. The normalized spacial score (nSPS) is 26.4. The topological polar surface area (TPSA) is 46.0 Å². The summed E-state index contributed by atoms with van der Waals surface area (Å²) < 4.78 is 2.01. The predicted octanol–water partition coefficient (Wildman–Crippen LogP) is 2.04. The van der Waals surface area contributed by atoms with Gasteiger partial charge >= 0.3 is 0 Å². The maximum absolute atomic E-state index is 4.26. The van der Waals surface area contributed by atoms with Crippen molar-refractivity contribution in [2.75, 3.05) is 13.1 Å². The summed E-state index contributed by atoms with van der Waals surface area (Å²) in [5.74, 6) is 0.972.